The predicted octanol–water partition coefficient (Wildman–Crippen LogP) is 3.17. The first-order valence-electron chi connectivity index (χ1n) is 6.42. The molecule has 4 nitrogen and oxygen atoms in total. The summed E-state index contributed by atoms with van der Waals surface area (Å²) >= 11 is 4.81. The summed E-state index contributed by atoms with van der Waals surface area (Å²) in [6.45, 7) is 2.84. The highest BCUT2D eigenvalue weighted by Crippen LogP contribution is 2.30. The van der Waals surface area contributed by atoms with E-state index in [2.05, 4.69) is 21.2 Å². The molecule has 1 aliphatic heterocycles. The van der Waals surface area contributed by atoms with Gasteiger partial charge in [-0.15, -0.1) is 11.3 Å². The van der Waals surface area contributed by atoms with Crippen LogP contribution in [0.3, 0.4) is 0 Å². The SMILES string of the molecule is Cc1cc(C(=O)c2ccc3c(c2)C(=O)NCCO3)sc1Br. The van der Waals surface area contributed by atoms with Crippen LogP contribution in [0.5, 0.6) is 5.75 Å². The number of fused-ring (bicyclic) bond motifs is 1. The van der Waals surface area contributed by atoms with E-state index in [0.29, 0.717) is 34.9 Å². The Bertz CT molecular complexity index is 719. The Hall–Kier alpha value is -1.66. The van der Waals surface area contributed by atoms with Crippen molar-refractivity contribution >= 4 is 39.0 Å². The number of aryl methyl sites for hydroxylation is 1. The maximum atomic E-state index is 12.5. The van der Waals surface area contributed by atoms with Crippen molar-refractivity contribution in [1.29, 1.82) is 0 Å². The number of amides is 1. The van der Waals surface area contributed by atoms with Gasteiger partial charge in [-0.25, -0.2) is 0 Å². The van der Waals surface area contributed by atoms with Gasteiger partial charge in [0, 0.05) is 5.56 Å². The number of carbonyl (C=O) groups is 2. The monoisotopic (exact) mass is 365 g/mol. The van der Waals surface area contributed by atoms with E-state index in [1.54, 1.807) is 18.2 Å². The minimum atomic E-state index is -0.208. The van der Waals surface area contributed by atoms with Crippen LogP contribution in [-0.2, 0) is 0 Å². The molecule has 1 amide bonds. The molecule has 1 aromatic carbocycles. The smallest absolute Gasteiger partial charge is 0.255 e. The van der Waals surface area contributed by atoms with Crippen molar-refractivity contribution in [2.45, 2.75) is 6.92 Å². The Morgan fingerprint density at radius 1 is 1.38 bits per heavy atom. The maximum Gasteiger partial charge on any atom is 0.255 e. The summed E-state index contributed by atoms with van der Waals surface area (Å²) in [5.74, 6) is 0.222. The lowest BCUT2D eigenvalue weighted by Gasteiger charge is -2.06. The van der Waals surface area contributed by atoms with Crippen LogP contribution in [0.2, 0.25) is 0 Å². The summed E-state index contributed by atoms with van der Waals surface area (Å²) in [6, 6.07) is 6.83. The molecule has 0 radical (unpaired) electrons. The van der Waals surface area contributed by atoms with Crippen LogP contribution < -0.4 is 10.1 Å². The lowest BCUT2D eigenvalue weighted by molar-refractivity contribution is 0.0957. The summed E-state index contributed by atoms with van der Waals surface area (Å²) in [5.41, 5.74) is 1.92. The number of ether oxygens (including phenoxy) is 1. The van der Waals surface area contributed by atoms with Crippen molar-refractivity contribution in [3.63, 3.8) is 0 Å². The molecule has 0 aliphatic carbocycles. The third-order valence-corrected chi connectivity index (χ3v) is 5.35. The fraction of sp³-hybridized carbons (Fsp3) is 0.200. The van der Waals surface area contributed by atoms with Gasteiger partial charge in [0.25, 0.3) is 5.91 Å². The van der Waals surface area contributed by atoms with Gasteiger partial charge < -0.3 is 10.1 Å². The average Bonchev–Trinajstić information content (AvgIpc) is 2.70. The van der Waals surface area contributed by atoms with Gasteiger partial charge in [-0.05, 0) is 52.7 Å². The second-order valence-corrected chi connectivity index (χ2v) is 7.08. The molecule has 0 fully saturated rings. The molecule has 1 N–H and O–H groups in total. The molecule has 1 aromatic heterocycles. The van der Waals surface area contributed by atoms with Gasteiger partial charge in [0.2, 0.25) is 5.78 Å². The van der Waals surface area contributed by atoms with Gasteiger partial charge in [-0.2, -0.15) is 0 Å². The first kappa shape index (κ1) is 14.3. The van der Waals surface area contributed by atoms with Crippen molar-refractivity contribution in [3.05, 3.63) is 49.6 Å². The number of hydrogen-bond acceptors (Lipinski definition) is 4. The zero-order valence-corrected chi connectivity index (χ0v) is 13.6. The van der Waals surface area contributed by atoms with Crippen molar-refractivity contribution < 1.29 is 14.3 Å². The molecule has 0 spiro atoms. The minimum absolute atomic E-state index is 0.0892. The van der Waals surface area contributed by atoms with Gasteiger partial charge in [0.15, 0.2) is 0 Å². The van der Waals surface area contributed by atoms with E-state index < -0.39 is 0 Å². The van der Waals surface area contributed by atoms with E-state index in [1.807, 2.05) is 13.0 Å². The highest BCUT2D eigenvalue weighted by molar-refractivity contribution is 9.11. The minimum Gasteiger partial charge on any atom is -0.491 e. The lowest BCUT2D eigenvalue weighted by atomic mass is 10.0. The molecule has 6 heteroatoms. The molecule has 0 saturated carbocycles. The van der Waals surface area contributed by atoms with Gasteiger partial charge in [0.05, 0.1) is 20.8 Å². The number of hydrogen-bond donors (Lipinski definition) is 1. The fourth-order valence-electron chi connectivity index (χ4n) is 2.11. The molecule has 2 aromatic rings. The van der Waals surface area contributed by atoms with Gasteiger partial charge in [-0.3, -0.25) is 9.59 Å². The van der Waals surface area contributed by atoms with Crippen LogP contribution in [0.25, 0.3) is 0 Å². The van der Waals surface area contributed by atoms with E-state index in [-0.39, 0.29) is 11.7 Å². The van der Waals surface area contributed by atoms with Crippen LogP contribution in [0, 0.1) is 6.92 Å². The highest BCUT2D eigenvalue weighted by Gasteiger charge is 2.20. The van der Waals surface area contributed by atoms with E-state index in [4.69, 9.17) is 4.74 Å². The summed E-state index contributed by atoms with van der Waals surface area (Å²) in [4.78, 5) is 25.1. The molecule has 1 aliphatic rings. The van der Waals surface area contributed by atoms with Crippen molar-refractivity contribution in [2.24, 2.45) is 0 Å². The number of rotatable bonds is 2. The number of nitrogens with one attached hydrogen (secondary N) is 1. The molecular weight excluding hydrogens is 354 g/mol. The Morgan fingerprint density at radius 2 is 2.19 bits per heavy atom. The Kier molecular flexibility index (Phi) is 3.82. The zero-order valence-electron chi connectivity index (χ0n) is 11.2. The van der Waals surface area contributed by atoms with Crippen LogP contribution in [0.4, 0.5) is 0 Å². The van der Waals surface area contributed by atoms with Gasteiger partial charge in [0.1, 0.15) is 12.4 Å². The largest absolute Gasteiger partial charge is 0.491 e. The standard InChI is InChI=1S/C15H12BrNO3S/c1-8-6-12(21-14(8)16)13(18)9-2-3-11-10(7-9)15(19)17-4-5-20-11/h2-3,6-7H,4-5H2,1H3,(H,17,19). The number of carbonyl (C=O) groups excluding carboxylic acids is 2. The van der Waals surface area contributed by atoms with E-state index in [0.717, 1.165) is 9.35 Å². The van der Waals surface area contributed by atoms with E-state index in [9.17, 15) is 9.59 Å². The third-order valence-electron chi connectivity index (χ3n) is 3.21. The van der Waals surface area contributed by atoms with Crippen molar-refractivity contribution in [2.75, 3.05) is 13.2 Å². The molecule has 0 unspecified atom stereocenters. The van der Waals surface area contributed by atoms with Gasteiger partial charge in [-0.1, -0.05) is 0 Å². The van der Waals surface area contributed by atoms with E-state index in [1.165, 1.54) is 11.3 Å². The fourth-order valence-corrected chi connectivity index (χ4v) is 3.61. The van der Waals surface area contributed by atoms with Gasteiger partial charge >= 0.3 is 0 Å². The number of ketones is 1. The summed E-state index contributed by atoms with van der Waals surface area (Å²) in [7, 11) is 0. The Balaban J connectivity index is 2.00. The molecule has 0 bridgehead atoms. The second kappa shape index (κ2) is 5.61. The lowest BCUT2D eigenvalue weighted by Crippen LogP contribution is -2.24. The molecule has 0 atom stereocenters. The Labute approximate surface area is 134 Å². The molecule has 3 rings (SSSR count). The normalized spacial score (nSPS) is 13.9. The van der Waals surface area contributed by atoms with E-state index >= 15 is 0 Å². The number of benzene rings is 1. The summed E-state index contributed by atoms with van der Waals surface area (Å²) in [5, 5.41) is 2.74. The molecule has 0 saturated heterocycles. The van der Waals surface area contributed by atoms with Crippen LogP contribution in [-0.4, -0.2) is 24.8 Å². The quantitative estimate of drug-likeness (QED) is 0.831. The van der Waals surface area contributed by atoms with Crippen molar-refractivity contribution in [1.82, 2.24) is 5.32 Å². The third kappa shape index (κ3) is 2.73. The first-order chi connectivity index (χ1) is 10.1. The summed E-state index contributed by atoms with van der Waals surface area (Å²) < 4.78 is 6.43. The molecule has 108 valence electrons. The zero-order chi connectivity index (χ0) is 15.0. The summed E-state index contributed by atoms with van der Waals surface area (Å²) in [6.07, 6.45) is 0. The average molecular weight is 366 g/mol. The second-order valence-electron chi connectivity index (χ2n) is 4.71. The molecule has 2 heterocycles. The number of thiophene rings is 1. The number of halogens is 1. The first-order valence-corrected chi connectivity index (χ1v) is 8.03. The topological polar surface area (TPSA) is 55.4 Å². The Morgan fingerprint density at radius 3 is 2.90 bits per heavy atom. The highest BCUT2D eigenvalue weighted by atomic mass is 79.9. The maximum absolute atomic E-state index is 12.5. The van der Waals surface area contributed by atoms with Crippen LogP contribution in [0.15, 0.2) is 28.1 Å². The van der Waals surface area contributed by atoms with Crippen LogP contribution >= 0.6 is 27.3 Å². The molecule has 21 heavy (non-hydrogen) atoms. The van der Waals surface area contributed by atoms with Crippen LogP contribution in [0.1, 0.15) is 31.2 Å². The van der Waals surface area contributed by atoms with Crippen molar-refractivity contribution in [3.8, 4) is 5.75 Å². The predicted molar refractivity (Wildman–Crippen MR) is 84.5 cm³/mol. The molecular formula is C15H12BrNO3S.